The molecule has 116 valence electrons. The van der Waals surface area contributed by atoms with E-state index in [1.54, 1.807) is 19.1 Å². The molecule has 0 aliphatic heterocycles. The molecule has 1 atom stereocenters. The molecule has 0 saturated heterocycles. The largest absolute Gasteiger partial charge is 0.508 e. The quantitative estimate of drug-likeness (QED) is 0.614. The predicted octanol–water partition coefficient (Wildman–Crippen LogP) is 3.15. The topological polar surface area (TPSA) is 81.6 Å². The van der Waals surface area contributed by atoms with Crippen molar-refractivity contribution in [2.24, 2.45) is 0 Å². The number of phenols is 2. The summed E-state index contributed by atoms with van der Waals surface area (Å²) in [6.45, 7) is 1.90. The molecule has 2 rings (SSSR count). The van der Waals surface area contributed by atoms with Gasteiger partial charge in [-0.25, -0.2) is 0 Å². The SMILES string of the molecule is C[C@@H](NCC(=O)Nc1ccc(Br)cc1)c1cc(O)ccc1O. The third kappa shape index (κ3) is 4.47. The van der Waals surface area contributed by atoms with Crippen molar-refractivity contribution in [1.82, 2.24) is 5.32 Å². The summed E-state index contributed by atoms with van der Waals surface area (Å²) >= 11 is 3.33. The molecule has 0 aliphatic carbocycles. The zero-order valence-corrected chi connectivity index (χ0v) is 13.6. The van der Waals surface area contributed by atoms with Crippen molar-refractivity contribution in [3.8, 4) is 11.5 Å². The molecule has 0 heterocycles. The third-order valence-corrected chi connectivity index (χ3v) is 3.70. The van der Waals surface area contributed by atoms with Gasteiger partial charge < -0.3 is 20.8 Å². The Morgan fingerprint density at radius 1 is 1.18 bits per heavy atom. The summed E-state index contributed by atoms with van der Waals surface area (Å²) < 4.78 is 0.941. The second-order valence-corrected chi connectivity index (χ2v) is 5.82. The van der Waals surface area contributed by atoms with E-state index in [0.29, 0.717) is 11.3 Å². The molecule has 0 aliphatic rings. The van der Waals surface area contributed by atoms with Crippen molar-refractivity contribution in [3.05, 3.63) is 52.5 Å². The molecular formula is C16H17BrN2O3. The lowest BCUT2D eigenvalue weighted by Gasteiger charge is -2.15. The Balaban J connectivity index is 1.90. The first kappa shape index (κ1) is 16.3. The number of amides is 1. The van der Waals surface area contributed by atoms with Crippen LogP contribution >= 0.6 is 15.9 Å². The highest BCUT2D eigenvalue weighted by Gasteiger charge is 2.12. The minimum Gasteiger partial charge on any atom is -0.508 e. The highest BCUT2D eigenvalue weighted by Crippen LogP contribution is 2.27. The van der Waals surface area contributed by atoms with Crippen LogP contribution in [0.1, 0.15) is 18.5 Å². The zero-order chi connectivity index (χ0) is 16.1. The first-order valence-electron chi connectivity index (χ1n) is 6.76. The van der Waals surface area contributed by atoms with E-state index >= 15 is 0 Å². The molecule has 5 nitrogen and oxygen atoms in total. The Morgan fingerprint density at radius 3 is 2.55 bits per heavy atom. The summed E-state index contributed by atoms with van der Waals surface area (Å²) in [5, 5.41) is 25.0. The van der Waals surface area contributed by atoms with Gasteiger partial charge in [0.2, 0.25) is 5.91 Å². The number of benzene rings is 2. The van der Waals surface area contributed by atoms with Crippen LogP contribution in [0, 0.1) is 0 Å². The smallest absolute Gasteiger partial charge is 0.238 e. The maximum absolute atomic E-state index is 11.9. The Kier molecular flexibility index (Phi) is 5.41. The van der Waals surface area contributed by atoms with Crippen molar-refractivity contribution in [2.75, 3.05) is 11.9 Å². The average molecular weight is 365 g/mol. The average Bonchev–Trinajstić information content (AvgIpc) is 2.49. The summed E-state index contributed by atoms with van der Waals surface area (Å²) in [5.74, 6) is -0.0410. The molecule has 0 saturated carbocycles. The highest BCUT2D eigenvalue weighted by atomic mass is 79.9. The number of hydrogen-bond donors (Lipinski definition) is 4. The highest BCUT2D eigenvalue weighted by molar-refractivity contribution is 9.10. The fourth-order valence-corrected chi connectivity index (χ4v) is 2.25. The normalized spacial score (nSPS) is 11.9. The van der Waals surface area contributed by atoms with Crippen LogP contribution < -0.4 is 10.6 Å². The van der Waals surface area contributed by atoms with Crippen LogP contribution in [0.4, 0.5) is 5.69 Å². The van der Waals surface area contributed by atoms with Crippen LogP contribution in [-0.2, 0) is 4.79 Å². The van der Waals surface area contributed by atoms with Crippen molar-refractivity contribution < 1.29 is 15.0 Å². The van der Waals surface area contributed by atoms with Crippen molar-refractivity contribution in [1.29, 1.82) is 0 Å². The minimum absolute atomic E-state index is 0.0702. The fraction of sp³-hybridized carbons (Fsp3) is 0.188. The van der Waals surface area contributed by atoms with E-state index in [0.717, 1.165) is 4.47 Å². The molecule has 4 N–H and O–H groups in total. The van der Waals surface area contributed by atoms with Gasteiger partial charge in [0.15, 0.2) is 0 Å². The van der Waals surface area contributed by atoms with E-state index in [4.69, 9.17) is 0 Å². The Bertz CT molecular complexity index is 659. The van der Waals surface area contributed by atoms with Crippen LogP contribution in [0.15, 0.2) is 46.9 Å². The van der Waals surface area contributed by atoms with Crippen molar-refractivity contribution in [3.63, 3.8) is 0 Å². The second kappa shape index (κ2) is 7.29. The number of halogens is 1. The van der Waals surface area contributed by atoms with Crippen LogP contribution in [0.3, 0.4) is 0 Å². The number of anilines is 1. The van der Waals surface area contributed by atoms with Crippen molar-refractivity contribution in [2.45, 2.75) is 13.0 Å². The number of carbonyl (C=O) groups excluding carboxylic acids is 1. The summed E-state index contributed by atoms with van der Waals surface area (Å²) in [5.41, 5.74) is 1.25. The number of hydrogen-bond acceptors (Lipinski definition) is 4. The van der Waals surface area contributed by atoms with Crippen LogP contribution in [0.25, 0.3) is 0 Å². The lowest BCUT2D eigenvalue weighted by atomic mass is 10.1. The number of phenolic OH excluding ortho intramolecular Hbond substituents is 2. The number of carbonyl (C=O) groups is 1. The monoisotopic (exact) mass is 364 g/mol. The maximum Gasteiger partial charge on any atom is 0.238 e. The summed E-state index contributed by atoms with van der Waals surface area (Å²) in [7, 11) is 0. The van der Waals surface area contributed by atoms with E-state index in [9.17, 15) is 15.0 Å². The first-order valence-corrected chi connectivity index (χ1v) is 7.55. The van der Waals surface area contributed by atoms with E-state index in [2.05, 4.69) is 26.6 Å². The molecule has 2 aromatic rings. The maximum atomic E-state index is 11.9. The van der Waals surface area contributed by atoms with Gasteiger partial charge in [-0.1, -0.05) is 15.9 Å². The number of nitrogens with one attached hydrogen (secondary N) is 2. The summed E-state index contributed by atoms with van der Waals surface area (Å²) in [6.07, 6.45) is 0. The molecule has 6 heteroatoms. The van der Waals surface area contributed by atoms with E-state index in [-0.39, 0.29) is 30.0 Å². The van der Waals surface area contributed by atoms with E-state index < -0.39 is 0 Å². The van der Waals surface area contributed by atoms with Gasteiger partial charge in [-0.05, 0) is 49.4 Å². The Morgan fingerprint density at radius 2 is 1.86 bits per heavy atom. The first-order chi connectivity index (χ1) is 10.5. The molecule has 0 aromatic heterocycles. The molecule has 2 aromatic carbocycles. The van der Waals surface area contributed by atoms with Crippen LogP contribution in [-0.4, -0.2) is 22.7 Å². The van der Waals surface area contributed by atoms with Crippen LogP contribution in [0.2, 0.25) is 0 Å². The Labute approximate surface area is 137 Å². The molecular weight excluding hydrogens is 348 g/mol. The lowest BCUT2D eigenvalue weighted by Crippen LogP contribution is -2.30. The zero-order valence-electron chi connectivity index (χ0n) is 12.0. The lowest BCUT2D eigenvalue weighted by molar-refractivity contribution is -0.115. The predicted molar refractivity (Wildman–Crippen MR) is 89.0 cm³/mol. The molecule has 0 unspecified atom stereocenters. The number of rotatable bonds is 5. The molecule has 0 fully saturated rings. The van der Waals surface area contributed by atoms with Crippen LogP contribution in [0.5, 0.6) is 11.5 Å². The summed E-state index contributed by atoms with van der Waals surface area (Å²) in [6, 6.07) is 11.3. The fourth-order valence-electron chi connectivity index (χ4n) is 1.98. The van der Waals surface area contributed by atoms with E-state index in [1.165, 1.54) is 18.2 Å². The standard InChI is InChI=1S/C16H17BrN2O3/c1-10(14-8-13(20)6-7-15(14)21)18-9-16(22)19-12-4-2-11(17)3-5-12/h2-8,10,18,20-21H,9H2,1H3,(H,19,22)/t10-/m1/s1. The van der Waals surface area contributed by atoms with Gasteiger partial charge in [0.1, 0.15) is 11.5 Å². The van der Waals surface area contributed by atoms with Gasteiger partial charge in [0, 0.05) is 21.8 Å². The van der Waals surface area contributed by atoms with Gasteiger partial charge in [-0.3, -0.25) is 4.79 Å². The minimum atomic E-state index is -0.275. The molecule has 0 bridgehead atoms. The van der Waals surface area contributed by atoms with Gasteiger partial charge >= 0.3 is 0 Å². The van der Waals surface area contributed by atoms with Gasteiger partial charge in [-0.15, -0.1) is 0 Å². The van der Waals surface area contributed by atoms with Gasteiger partial charge in [0.05, 0.1) is 6.54 Å². The number of aromatic hydroxyl groups is 2. The Hall–Kier alpha value is -2.05. The van der Waals surface area contributed by atoms with Gasteiger partial charge in [0.25, 0.3) is 0 Å². The molecule has 0 spiro atoms. The molecule has 1 amide bonds. The summed E-state index contributed by atoms with van der Waals surface area (Å²) in [4.78, 5) is 11.9. The third-order valence-electron chi connectivity index (χ3n) is 3.17. The van der Waals surface area contributed by atoms with Gasteiger partial charge in [-0.2, -0.15) is 0 Å². The molecule has 0 radical (unpaired) electrons. The van der Waals surface area contributed by atoms with E-state index in [1.807, 2.05) is 12.1 Å². The van der Waals surface area contributed by atoms with Crippen molar-refractivity contribution >= 4 is 27.5 Å². The molecule has 22 heavy (non-hydrogen) atoms. The second-order valence-electron chi connectivity index (χ2n) is 4.90.